The van der Waals surface area contributed by atoms with Crippen LogP contribution in [0.1, 0.15) is 31.1 Å². The first kappa shape index (κ1) is 12.1. The summed E-state index contributed by atoms with van der Waals surface area (Å²) in [7, 11) is 0. The summed E-state index contributed by atoms with van der Waals surface area (Å²) in [6, 6.07) is 2.98. The minimum Gasteiger partial charge on any atom is -0.395 e. The van der Waals surface area contributed by atoms with Crippen LogP contribution in [0.4, 0.5) is 8.78 Å². The van der Waals surface area contributed by atoms with Crippen LogP contribution >= 0.6 is 0 Å². The maximum absolute atomic E-state index is 12.9. The smallest absolute Gasteiger partial charge is 0.395 e. The zero-order valence-corrected chi connectivity index (χ0v) is 9.83. The van der Waals surface area contributed by atoms with Gasteiger partial charge in [-0.2, -0.15) is 0 Å². The van der Waals surface area contributed by atoms with E-state index in [1.165, 1.54) is 6.07 Å². The molecule has 1 aliphatic heterocycles. The molecule has 17 heavy (non-hydrogen) atoms. The molecule has 0 aliphatic carbocycles. The second-order valence-corrected chi connectivity index (χ2v) is 4.46. The van der Waals surface area contributed by atoms with Crippen LogP contribution in [-0.4, -0.2) is 11.4 Å². The number of fused-ring (bicyclic) bond motifs is 1. The van der Waals surface area contributed by atoms with Crippen LogP contribution < -0.4 is 9.47 Å². The number of rotatable bonds is 2. The Labute approximate surface area is 98.0 Å². The van der Waals surface area contributed by atoms with Crippen molar-refractivity contribution < 1.29 is 23.4 Å². The number of hydrogen-bond donors (Lipinski definition) is 1. The number of alkyl halides is 2. The second kappa shape index (κ2) is 3.84. The van der Waals surface area contributed by atoms with Crippen molar-refractivity contribution in [2.45, 2.75) is 33.2 Å². The third kappa shape index (κ3) is 2.07. The van der Waals surface area contributed by atoms with Gasteiger partial charge in [-0.3, -0.25) is 0 Å². The van der Waals surface area contributed by atoms with E-state index in [4.69, 9.17) is 0 Å². The summed E-state index contributed by atoms with van der Waals surface area (Å²) in [5, 5.41) is 9.96. The van der Waals surface area contributed by atoms with Crippen molar-refractivity contribution in [2.75, 3.05) is 0 Å². The monoisotopic (exact) mass is 244 g/mol. The lowest BCUT2D eigenvalue weighted by molar-refractivity contribution is -0.286. The minimum atomic E-state index is -3.62. The molecule has 2 rings (SSSR count). The summed E-state index contributed by atoms with van der Waals surface area (Å²) in [5.41, 5.74) is 1.07. The van der Waals surface area contributed by atoms with Gasteiger partial charge in [-0.1, -0.05) is 19.9 Å². The number of halogens is 2. The highest BCUT2D eigenvalue weighted by Gasteiger charge is 2.44. The number of ether oxygens (including phenoxy) is 2. The molecule has 0 fully saturated rings. The fourth-order valence-electron chi connectivity index (χ4n) is 1.84. The maximum Gasteiger partial charge on any atom is 0.586 e. The molecular weight excluding hydrogens is 230 g/mol. The lowest BCUT2D eigenvalue weighted by Crippen LogP contribution is -2.26. The summed E-state index contributed by atoms with van der Waals surface area (Å²) in [6.45, 7) is 5.33. The fourth-order valence-corrected chi connectivity index (χ4v) is 1.84. The van der Waals surface area contributed by atoms with E-state index in [0.29, 0.717) is 11.1 Å². The van der Waals surface area contributed by atoms with E-state index in [1.54, 1.807) is 13.0 Å². The van der Waals surface area contributed by atoms with Crippen LogP contribution in [-0.2, 0) is 0 Å². The molecule has 1 N–H and O–H groups in total. The molecule has 5 heteroatoms. The van der Waals surface area contributed by atoms with E-state index in [9.17, 15) is 13.9 Å². The van der Waals surface area contributed by atoms with Gasteiger partial charge in [-0.05, 0) is 24.5 Å². The van der Waals surface area contributed by atoms with Crippen molar-refractivity contribution in [3.63, 3.8) is 0 Å². The van der Waals surface area contributed by atoms with E-state index in [2.05, 4.69) is 9.47 Å². The Morgan fingerprint density at radius 3 is 2.47 bits per heavy atom. The van der Waals surface area contributed by atoms with E-state index in [-0.39, 0.29) is 17.4 Å². The Morgan fingerprint density at radius 2 is 1.88 bits per heavy atom. The molecule has 0 aromatic heterocycles. The van der Waals surface area contributed by atoms with Crippen LogP contribution in [0.15, 0.2) is 12.1 Å². The highest BCUT2D eigenvalue weighted by atomic mass is 19.3. The molecule has 0 amide bonds. The van der Waals surface area contributed by atoms with E-state index >= 15 is 0 Å². The molecule has 0 bridgehead atoms. The summed E-state index contributed by atoms with van der Waals surface area (Å²) in [6.07, 6.45) is -4.33. The third-order valence-electron chi connectivity index (χ3n) is 2.81. The molecule has 0 saturated carbocycles. The number of aliphatic hydroxyl groups is 1. The van der Waals surface area contributed by atoms with Crippen LogP contribution in [0.3, 0.4) is 0 Å². The van der Waals surface area contributed by atoms with Gasteiger partial charge in [0.05, 0.1) is 6.10 Å². The Morgan fingerprint density at radius 1 is 1.24 bits per heavy atom. The average Bonchev–Trinajstić information content (AvgIpc) is 2.53. The lowest BCUT2D eigenvalue weighted by Gasteiger charge is -2.17. The summed E-state index contributed by atoms with van der Waals surface area (Å²) in [4.78, 5) is 0. The Kier molecular flexibility index (Phi) is 2.73. The molecule has 3 nitrogen and oxygen atoms in total. The van der Waals surface area contributed by atoms with Gasteiger partial charge in [0, 0.05) is 5.56 Å². The van der Waals surface area contributed by atoms with Crippen molar-refractivity contribution in [2.24, 2.45) is 5.92 Å². The lowest BCUT2D eigenvalue weighted by atomic mass is 9.95. The summed E-state index contributed by atoms with van der Waals surface area (Å²) in [5.74, 6) is 0.00832. The van der Waals surface area contributed by atoms with Crippen LogP contribution in [0.25, 0.3) is 0 Å². The SMILES string of the molecule is Cc1c(C(O)C(C)C)ccc2c1OC(F)(F)O2. The van der Waals surface area contributed by atoms with E-state index < -0.39 is 12.4 Å². The molecule has 1 aliphatic rings. The Bertz CT molecular complexity index is 444. The van der Waals surface area contributed by atoms with Gasteiger partial charge >= 0.3 is 6.29 Å². The topological polar surface area (TPSA) is 38.7 Å². The first-order valence-corrected chi connectivity index (χ1v) is 5.39. The molecule has 0 saturated heterocycles. The normalized spacial score (nSPS) is 18.5. The molecule has 94 valence electrons. The molecule has 1 atom stereocenters. The molecule has 1 heterocycles. The van der Waals surface area contributed by atoms with Gasteiger partial charge < -0.3 is 14.6 Å². The molecule has 0 radical (unpaired) electrons. The largest absolute Gasteiger partial charge is 0.586 e. The molecule has 1 unspecified atom stereocenters. The predicted octanol–water partition coefficient (Wildman–Crippen LogP) is 3.01. The molecule has 0 spiro atoms. The average molecular weight is 244 g/mol. The quantitative estimate of drug-likeness (QED) is 0.869. The van der Waals surface area contributed by atoms with Crippen molar-refractivity contribution >= 4 is 0 Å². The summed E-state index contributed by atoms with van der Waals surface area (Å²) >= 11 is 0. The maximum atomic E-state index is 12.9. The Balaban J connectivity index is 2.42. The predicted molar refractivity (Wildman–Crippen MR) is 57.2 cm³/mol. The van der Waals surface area contributed by atoms with Crippen molar-refractivity contribution in [1.82, 2.24) is 0 Å². The van der Waals surface area contributed by atoms with Crippen molar-refractivity contribution in [1.29, 1.82) is 0 Å². The molecule has 1 aromatic rings. The third-order valence-corrected chi connectivity index (χ3v) is 2.81. The first-order valence-electron chi connectivity index (χ1n) is 5.39. The highest BCUT2D eigenvalue weighted by Crippen LogP contribution is 2.45. The van der Waals surface area contributed by atoms with Gasteiger partial charge in [-0.25, -0.2) is 0 Å². The summed E-state index contributed by atoms with van der Waals surface area (Å²) < 4.78 is 34.6. The van der Waals surface area contributed by atoms with Crippen LogP contribution in [0.2, 0.25) is 0 Å². The van der Waals surface area contributed by atoms with Gasteiger partial charge in [-0.15, -0.1) is 8.78 Å². The van der Waals surface area contributed by atoms with Gasteiger partial charge in [0.1, 0.15) is 0 Å². The van der Waals surface area contributed by atoms with Crippen LogP contribution in [0.5, 0.6) is 11.5 Å². The van der Waals surface area contributed by atoms with Crippen molar-refractivity contribution in [3.05, 3.63) is 23.3 Å². The van der Waals surface area contributed by atoms with Gasteiger partial charge in [0.2, 0.25) is 0 Å². The Hall–Kier alpha value is -1.36. The zero-order valence-electron chi connectivity index (χ0n) is 9.83. The van der Waals surface area contributed by atoms with Crippen molar-refractivity contribution in [3.8, 4) is 11.5 Å². The zero-order chi connectivity index (χ0) is 12.8. The van der Waals surface area contributed by atoms with Crippen LogP contribution in [0, 0.1) is 12.8 Å². The fraction of sp³-hybridized carbons (Fsp3) is 0.500. The number of aliphatic hydroxyl groups excluding tert-OH is 1. The highest BCUT2D eigenvalue weighted by molar-refractivity contribution is 5.52. The van der Waals surface area contributed by atoms with Gasteiger partial charge in [0.25, 0.3) is 0 Å². The number of hydrogen-bond acceptors (Lipinski definition) is 3. The first-order chi connectivity index (χ1) is 7.82. The molecule has 1 aromatic carbocycles. The number of benzene rings is 1. The second-order valence-electron chi connectivity index (χ2n) is 4.46. The van der Waals surface area contributed by atoms with E-state index in [0.717, 1.165) is 0 Å². The van der Waals surface area contributed by atoms with E-state index in [1.807, 2.05) is 13.8 Å². The minimum absolute atomic E-state index is 0.00502. The standard InChI is InChI=1S/C12H14F2O3/c1-6(2)10(15)8-4-5-9-11(7(8)3)17-12(13,14)16-9/h4-6,10,15H,1-3H3. The molecular formula is C12H14F2O3. The van der Waals surface area contributed by atoms with Gasteiger partial charge in [0.15, 0.2) is 11.5 Å².